The maximum atomic E-state index is 3.58. The lowest BCUT2D eigenvalue weighted by Gasteiger charge is -2.31. The summed E-state index contributed by atoms with van der Waals surface area (Å²) in [6, 6.07) is 0.767. The van der Waals surface area contributed by atoms with Crippen LogP contribution in [0.15, 0.2) is 0 Å². The van der Waals surface area contributed by atoms with Gasteiger partial charge in [-0.2, -0.15) is 0 Å². The highest BCUT2D eigenvalue weighted by molar-refractivity contribution is 4.81. The molecule has 1 fully saturated rings. The predicted octanol–water partition coefficient (Wildman–Crippen LogP) is 3.98. The summed E-state index contributed by atoms with van der Waals surface area (Å²) in [7, 11) is 2.15. The summed E-state index contributed by atoms with van der Waals surface area (Å²) in [6.07, 6.45) is 11.5. The molecule has 1 aliphatic carbocycles. The first-order valence-corrected chi connectivity index (χ1v) is 6.96. The highest BCUT2D eigenvalue weighted by Gasteiger charge is 2.25. The molecule has 1 N–H and O–H groups in total. The van der Waals surface area contributed by atoms with Crippen molar-refractivity contribution in [2.24, 2.45) is 11.8 Å². The monoisotopic (exact) mass is 211 g/mol. The minimum Gasteiger partial charge on any atom is -0.316 e. The molecule has 0 aromatic carbocycles. The number of hydrogen-bond acceptors (Lipinski definition) is 1. The molecule has 0 bridgehead atoms. The van der Waals surface area contributed by atoms with Crippen molar-refractivity contribution in [3.63, 3.8) is 0 Å². The largest absolute Gasteiger partial charge is 0.316 e. The van der Waals surface area contributed by atoms with Gasteiger partial charge in [0.05, 0.1) is 0 Å². The third-order valence-electron chi connectivity index (χ3n) is 4.10. The van der Waals surface area contributed by atoms with E-state index in [2.05, 4.69) is 26.2 Å². The van der Waals surface area contributed by atoms with E-state index in [0.717, 1.165) is 17.9 Å². The van der Waals surface area contributed by atoms with E-state index in [1.54, 1.807) is 0 Å². The van der Waals surface area contributed by atoms with Crippen molar-refractivity contribution >= 4 is 0 Å². The van der Waals surface area contributed by atoms with Crippen LogP contribution in [-0.2, 0) is 0 Å². The maximum absolute atomic E-state index is 3.58. The Morgan fingerprint density at radius 1 is 1.13 bits per heavy atom. The molecule has 0 aromatic rings. The van der Waals surface area contributed by atoms with E-state index in [9.17, 15) is 0 Å². The summed E-state index contributed by atoms with van der Waals surface area (Å²) in [5.41, 5.74) is 0. The third kappa shape index (κ3) is 4.14. The molecular weight excluding hydrogens is 182 g/mol. The van der Waals surface area contributed by atoms with Gasteiger partial charge in [-0.1, -0.05) is 46.0 Å². The van der Waals surface area contributed by atoms with E-state index in [1.165, 1.54) is 51.4 Å². The Balaban J connectivity index is 2.47. The van der Waals surface area contributed by atoms with Crippen molar-refractivity contribution in [3.05, 3.63) is 0 Å². The zero-order valence-electron chi connectivity index (χ0n) is 10.9. The lowest BCUT2D eigenvalue weighted by Crippen LogP contribution is -2.39. The molecule has 1 aliphatic rings. The highest BCUT2D eigenvalue weighted by atomic mass is 14.9. The van der Waals surface area contributed by atoms with Crippen LogP contribution in [0.2, 0.25) is 0 Å². The van der Waals surface area contributed by atoms with Crippen molar-refractivity contribution in [1.29, 1.82) is 0 Å². The fraction of sp³-hybridized carbons (Fsp3) is 1.00. The lowest BCUT2D eigenvalue weighted by atomic mass is 9.82. The summed E-state index contributed by atoms with van der Waals surface area (Å²) in [5.74, 6) is 1.79. The molecule has 0 amide bonds. The molecule has 2 unspecified atom stereocenters. The molecule has 15 heavy (non-hydrogen) atoms. The van der Waals surface area contributed by atoms with Gasteiger partial charge in [0.25, 0.3) is 0 Å². The van der Waals surface area contributed by atoms with E-state index < -0.39 is 0 Å². The SMILES string of the molecule is CCCC(C)C(NC)C1CCCCCC1. The number of hydrogen-bond donors (Lipinski definition) is 1. The van der Waals surface area contributed by atoms with Crippen LogP contribution >= 0.6 is 0 Å². The third-order valence-corrected chi connectivity index (χ3v) is 4.10. The average Bonchev–Trinajstić information content (AvgIpc) is 2.48. The molecule has 0 heterocycles. The van der Waals surface area contributed by atoms with Gasteiger partial charge >= 0.3 is 0 Å². The lowest BCUT2D eigenvalue weighted by molar-refractivity contribution is 0.249. The molecule has 1 heteroatoms. The maximum Gasteiger partial charge on any atom is 0.0118 e. The van der Waals surface area contributed by atoms with Crippen LogP contribution in [0.4, 0.5) is 0 Å². The summed E-state index contributed by atoms with van der Waals surface area (Å²) < 4.78 is 0. The topological polar surface area (TPSA) is 12.0 Å². The van der Waals surface area contributed by atoms with Gasteiger partial charge in [0, 0.05) is 6.04 Å². The van der Waals surface area contributed by atoms with E-state index in [4.69, 9.17) is 0 Å². The molecule has 0 radical (unpaired) electrons. The zero-order valence-corrected chi connectivity index (χ0v) is 10.9. The molecule has 1 nitrogen and oxygen atoms in total. The van der Waals surface area contributed by atoms with E-state index in [0.29, 0.717) is 0 Å². The molecule has 2 atom stereocenters. The van der Waals surface area contributed by atoms with Gasteiger partial charge in [0.2, 0.25) is 0 Å². The van der Waals surface area contributed by atoms with Crippen molar-refractivity contribution in [1.82, 2.24) is 5.32 Å². The fourth-order valence-corrected chi connectivity index (χ4v) is 3.29. The van der Waals surface area contributed by atoms with E-state index >= 15 is 0 Å². The van der Waals surface area contributed by atoms with Gasteiger partial charge in [-0.25, -0.2) is 0 Å². The standard InChI is InChI=1S/C14H29N/c1-4-9-12(2)14(15-3)13-10-7-5-6-8-11-13/h12-15H,4-11H2,1-3H3. The Hall–Kier alpha value is -0.0400. The Bertz CT molecular complexity index is 147. The second-order valence-corrected chi connectivity index (χ2v) is 5.33. The zero-order chi connectivity index (χ0) is 11.1. The Morgan fingerprint density at radius 3 is 2.20 bits per heavy atom. The summed E-state index contributed by atoms with van der Waals surface area (Å²) in [4.78, 5) is 0. The fourth-order valence-electron chi connectivity index (χ4n) is 3.29. The van der Waals surface area contributed by atoms with E-state index in [-0.39, 0.29) is 0 Å². The van der Waals surface area contributed by atoms with Crippen molar-refractivity contribution < 1.29 is 0 Å². The average molecular weight is 211 g/mol. The summed E-state index contributed by atoms with van der Waals surface area (Å²) in [5, 5.41) is 3.58. The van der Waals surface area contributed by atoms with E-state index in [1.807, 2.05) is 0 Å². The van der Waals surface area contributed by atoms with Gasteiger partial charge in [-0.05, 0) is 38.1 Å². The number of rotatable bonds is 5. The number of nitrogens with one attached hydrogen (secondary N) is 1. The normalized spacial score (nSPS) is 23.4. The van der Waals surface area contributed by atoms with Gasteiger partial charge < -0.3 is 5.32 Å². The van der Waals surface area contributed by atoms with Crippen molar-refractivity contribution in [2.45, 2.75) is 71.3 Å². The van der Waals surface area contributed by atoms with Crippen LogP contribution in [-0.4, -0.2) is 13.1 Å². The van der Waals surface area contributed by atoms with Crippen molar-refractivity contribution in [2.75, 3.05) is 7.05 Å². The first-order chi connectivity index (χ1) is 7.29. The second-order valence-electron chi connectivity index (χ2n) is 5.33. The van der Waals surface area contributed by atoms with Crippen LogP contribution in [0.1, 0.15) is 65.2 Å². The molecular formula is C14H29N. The summed E-state index contributed by atoms with van der Waals surface area (Å²) >= 11 is 0. The smallest absolute Gasteiger partial charge is 0.0118 e. The van der Waals surface area contributed by atoms with Gasteiger partial charge in [-0.15, -0.1) is 0 Å². The van der Waals surface area contributed by atoms with Gasteiger partial charge in [0.1, 0.15) is 0 Å². The summed E-state index contributed by atoms with van der Waals surface area (Å²) in [6.45, 7) is 4.73. The van der Waals surface area contributed by atoms with Gasteiger partial charge in [-0.3, -0.25) is 0 Å². The van der Waals surface area contributed by atoms with Crippen LogP contribution in [0.5, 0.6) is 0 Å². The Labute approximate surface area is 96.0 Å². The van der Waals surface area contributed by atoms with Crippen LogP contribution in [0, 0.1) is 11.8 Å². The molecule has 0 aliphatic heterocycles. The Morgan fingerprint density at radius 2 is 1.73 bits per heavy atom. The minimum atomic E-state index is 0.767. The first kappa shape index (κ1) is 13.0. The predicted molar refractivity (Wildman–Crippen MR) is 68.1 cm³/mol. The van der Waals surface area contributed by atoms with Gasteiger partial charge in [0.15, 0.2) is 0 Å². The molecule has 1 saturated carbocycles. The Kier molecular flexibility index (Phi) is 6.31. The molecule has 0 saturated heterocycles. The molecule has 0 spiro atoms. The first-order valence-electron chi connectivity index (χ1n) is 6.96. The van der Waals surface area contributed by atoms with Crippen molar-refractivity contribution in [3.8, 4) is 0 Å². The van der Waals surface area contributed by atoms with Crippen LogP contribution in [0.3, 0.4) is 0 Å². The minimum absolute atomic E-state index is 0.767. The second kappa shape index (κ2) is 7.27. The molecule has 0 aromatic heterocycles. The van der Waals surface area contributed by atoms with Crippen LogP contribution < -0.4 is 5.32 Å². The molecule has 1 rings (SSSR count). The quantitative estimate of drug-likeness (QED) is 0.678. The molecule has 90 valence electrons. The highest BCUT2D eigenvalue weighted by Crippen LogP contribution is 2.29. The van der Waals surface area contributed by atoms with Crippen LogP contribution in [0.25, 0.3) is 0 Å².